The molecule has 88 valence electrons. The van der Waals surface area contributed by atoms with Crippen molar-refractivity contribution < 1.29 is 4.79 Å². The zero-order valence-electron chi connectivity index (χ0n) is 9.61. The fraction of sp³-hybridized carbons (Fsp3) is 0.231. The summed E-state index contributed by atoms with van der Waals surface area (Å²) in [6, 6.07) is 6.98. The van der Waals surface area contributed by atoms with Gasteiger partial charge >= 0.3 is 0 Å². The summed E-state index contributed by atoms with van der Waals surface area (Å²) in [5.41, 5.74) is 1.08. The molecule has 0 aliphatic carbocycles. The largest absolute Gasteiger partial charge is 0.336 e. The number of pyridine rings is 1. The predicted molar refractivity (Wildman–Crippen MR) is 71.7 cm³/mol. The minimum absolute atomic E-state index is 0.118. The topological polar surface area (TPSA) is 39.1 Å². The summed E-state index contributed by atoms with van der Waals surface area (Å²) in [6.45, 7) is 3.97. The Morgan fingerprint density at radius 3 is 2.59 bits per heavy atom. The van der Waals surface area contributed by atoms with Crippen LogP contribution in [0.3, 0.4) is 0 Å². The number of aromatic nitrogens is 1. The standard InChI is InChI=1S/C13H12BrNO2/c1-8(2)15-10(7-16)6-13(17)11-4-3-9(14)5-12(11)15/h3-8H,1-2H3. The van der Waals surface area contributed by atoms with Crippen molar-refractivity contribution in [2.75, 3.05) is 0 Å². The molecule has 0 aliphatic heterocycles. The van der Waals surface area contributed by atoms with E-state index in [0.717, 1.165) is 16.3 Å². The van der Waals surface area contributed by atoms with Crippen molar-refractivity contribution in [3.8, 4) is 0 Å². The minimum Gasteiger partial charge on any atom is -0.336 e. The number of hydrogen-bond acceptors (Lipinski definition) is 2. The summed E-state index contributed by atoms with van der Waals surface area (Å²) in [7, 11) is 0. The molecule has 1 aromatic heterocycles. The van der Waals surface area contributed by atoms with Crippen molar-refractivity contribution in [1.82, 2.24) is 4.57 Å². The van der Waals surface area contributed by atoms with Crippen LogP contribution in [0.5, 0.6) is 0 Å². The zero-order chi connectivity index (χ0) is 12.6. The van der Waals surface area contributed by atoms with Gasteiger partial charge in [-0.1, -0.05) is 15.9 Å². The number of carbonyl (C=O) groups is 1. The maximum atomic E-state index is 11.9. The Morgan fingerprint density at radius 2 is 2.00 bits per heavy atom. The van der Waals surface area contributed by atoms with Gasteiger partial charge < -0.3 is 4.57 Å². The van der Waals surface area contributed by atoms with Crippen molar-refractivity contribution in [2.24, 2.45) is 0 Å². The molecule has 0 N–H and O–H groups in total. The molecule has 0 radical (unpaired) electrons. The summed E-state index contributed by atoms with van der Waals surface area (Å²) in [4.78, 5) is 22.9. The van der Waals surface area contributed by atoms with Gasteiger partial charge in [-0.05, 0) is 32.0 Å². The van der Waals surface area contributed by atoms with Gasteiger partial charge in [-0.2, -0.15) is 0 Å². The first-order valence-corrected chi connectivity index (χ1v) is 6.14. The number of aldehydes is 1. The van der Waals surface area contributed by atoms with Crippen LogP contribution < -0.4 is 5.43 Å². The lowest BCUT2D eigenvalue weighted by Gasteiger charge is -2.17. The van der Waals surface area contributed by atoms with Crippen LogP contribution in [0.4, 0.5) is 0 Å². The van der Waals surface area contributed by atoms with Gasteiger partial charge in [0.05, 0.1) is 11.2 Å². The zero-order valence-corrected chi connectivity index (χ0v) is 11.2. The Labute approximate surface area is 107 Å². The lowest BCUT2D eigenvalue weighted by Crippen LogP contribution is -2.15. The third-order valence-electron chi connectivity index (χ3n) is 2.68. The summed E-state index contributed by atoms with van der Waals surface area (Å²) >= 11 is 3.38. The van der Waals surface area contributed by atoms with E-state index in [2.05, 4.69) is 15.9 Å². The molecule has 17 heavy (non-hydrogen) atoms. The van der Waals surface area contributed by atoms with E-state index in [0.29, 0.717) is 11.1 Å². The van der Waals surface area contributed by atoms with E-state index in [1.165, 1.54) is 6.07 Å². The van der Waals surface area contributed by atoms with Gasteiger partial charge in [0, 0.05) is 22.0 Å². The van der Waals surface area contributed by atoms with Crippen LogP contribution in [0.2, 0.25) is 0 Å². The fourth-order valence-corrected chi connectivity index (χ4v) is 2.35. The third-order valence-corrected chi connectivity index (χ3v) is 3.17. The molecule has 3 nitrogen and oxygen atoms in total. The molecule has 2 rings (SSSR count). The number of rotatable bonds is 2. The molecule has 4 heteroatoms. The first-order valence-electron chi connectivity index (χ1n) is 5.34. The van der Waals surface area contributed by atoms with Crippen molar-refractivity contribution >= 4 is 33.1 Å². The molecule has 0 amide bonds. The van der Waals surface area contributed by atoms with Crippen molar-refractivity contribution in [3.05, 3.63) is 44.7 Å². The van der Waals surface area contributed by atoms with Gasteiger partial charge in [-0.25, -0.2) is 0 Å². The third kappa shape index (κ3) is 2.05. The van der Waals surface area contributed by atoms with E-state index in [1.54, 1.807) is 6.07 Å². The van der Waals surface area contributed by atoms with E-state index < -0.39 is 0 Å². The van der Waals surface area contributed by atoms with Crippen LogP contribution in [0.1, 0.15) is 30.4 Å². The molecule has 0 fully saturated rings. The lowest BCUT2D eigenvalue weighted by atomic mass is 10.1. The number of nitrogens with zero attached hydrogens (tertiary/aromatic N) is 1. The predicted octanol–water partition coefficient (Wildman–Crippen LogP) is 3.16. The van der Waals surface area contributed by atoms with Gasteiger partial charge in [-0.15, -0.1) is 0 Å². The number of carbonyl (C=O) groups excluding carboxylic acids is 1. The molecule has 0 unspecified atom stereocenters. The van der Waals surface area contributed by atoms with Crippen LogP contribution >= 0.6 is 15.9 Å². The van der Waals surface area contributed by atoms with Crippen LogP contribution in [-0.4, -0.2) is 10.9 Å². The SMILES string of the molecule is CC(C)n1c(C=O)cc(=O)c2ccc(Br)cc21. The fourth-order valence-electron chi connectivity index (χ4n) is 2.00. The average Bonchev–Trinajstić information content (AvgIpc) is 2.27. The van der Waals surface area contributed by atoms with Gasteiger partial charge in [0.2, 0.25) is 0 Å². The average molecular weight is 294 g/mol. The molecular weight excluding hydrogens is 282 g/mol. The summed E-state index contributed by atoms with van der Waals surface area (Å²) < 4.78 is 2.76. The van der Waals surface area contributed by atoms with Crippen molar-refractivity contribution in [2.45, 2.75) is 19.9 Å². The maximum Gasteiger partial charge on any atom is 0.190 e. The molecule has 2 aromatic rings. The summed E-state index contributed by atoms with van der Waals surface area (Å²) in [6.07, 6.45) is 0.724. The highest BCUT2D eigenvalue weighted by molar-refractivity contribution is 9.10. The Kier molecular flexibility index (Phi) is 3.15. The Hall–Kier alpha value is -1.42. The van der Waals surface area contributed by atoms with Crippen LogP contribution in [-0.2, 0) is 0 Å². The Morgan fingerprint density at radius 1 is 1.29 bits per heavy atom. The van der Waals surface area contributed by atoms with Crippen molar-refractivity contribution in [1.29, 1.82) is 0 Å². The highest BCUT2D eigenvalue weighted by Crippen LogP contribution is 2.21. The molecule has 0 saturated heterocycles. The van der Waals surface area contributed by atoms with E-state index in [9.17, 15) is 9.59 Å². The van der Waals surface area contributed by atoms with Crippen molar-refractivity contribution in [3.63, 3.8) is 0 Å². The normalized spacial score (nSPS) is 11.1. The quantitative estimate of drug-likeness (QED) is 0.798. The number of hydrogen-bond donors (Lipinski definition) is 0. The van der Waals surface area contributed by atoms with E-state index in [1.807, 2.05) is 30.5 Å². The number of halogens is 1. The highest BCUT2D eigenvalue weighted by atomic mass is 79.9. The van der Waals surface area contributed by atoms with E-state index >= 15 is 0 Å². The smallest absolute Gasteiger partial charge is 0.190 e. The Balaban J connectivity index is 3.00. The molecule has 1 heterocycles. The molecular formula is C13H12BrNO2. The molecule has 0 bridgehead atoms. The number of benzene rings is 1. The van der Waals surface area contributed by atoms with Crippen LogP contribution in [0, 0.1) is 0 Å². The molecule has 0 saturated carbocycles. The molecule has 0 atom stereocenters. The van der Waals surface area contributed by atoms with Gasteiger partial charge in [0.15, 0.2) is 11.7 Å². The first kappa shape index (κ1) is 12.0. The molecule has 1 aromatic carbocycles. The second-order valence-corrected chi connectivity index (χ2v) is 5.09. The van der Waals surface area contributed by atoms with Crippen LogP contribution in [0.25, 0.3) is 10.9 Å². The second-order valence-electron chi connectivity index (χ2n) is 4.18. The summed E-state index contributed by atoms with van der Waals surface area (Å²) in [5, 5.41) is 0.632. The van der Waals surface area contributed by atoms with E-state index in [-0.39, 0.29) is 11.5 Å². The number of fused-ring (bicyclic) bond motifs is 1. The monoisotopic (exact) mass is 293 g/mol. The van der Waals surface area contributed by atoms with E-state index in [4.69, 9.17) is 0 Å². The first-order chi connectivity index (χ1) is 8.04. The van der Waals surface area contributed by atoms with Gasteiger partial charge in [-0.3, -0.25) is 9.59 Å². The van der Waals surface area contributed by atoms with Crippen LogP contribution in [0.15, 0.2) is 33.5 Å². The van der Waals surface area contributed by atoms with Gasteiger partial charge in [0.1, 0.15) is 0 Å². The van der Waals surface area contributed by atoms with Gasteiger partial charge in [0.25, 0.3) is 0 Å². The minimum atomic E-state index is -0.119. The second kappa shape index (κ2) is 4.45. The highest BCUT2D eigenvalue weighted by Gasteiger charge is 2.11. The summed E-state index contributed by atoms with van der Waals surface area (Å²) in [5.74, 6) is 0. The maximum absolute atomic E-state index is 11.9. The lowest BCUT2D eigenvalue weighted by molar-refractivity contribution is 0.111. The molecule has 0 spiro atoms. The Bertz CT molecular complexity index is 644. The molecule has 0 aliphatic rings.